The van der Waals surface area contributed by atoms with Crippen LogP contribution < -0.4 is 23.7 Å². The molecule has 1 fully saturated rings. The Bertz CT molecular complexity index is 859. The third-order valence-electron chi connectivity index (χ3n) is 5.79. The molecule has 0 saturated carbocycles. The lowest BCUT2D eigenvalue weighted by Crippen LogP contribution is -2.25. The van der Waals surface area contributed by atoms with Crippen LogP contribution >= 0.6 is 0 Å². The summed E-state index contributed by atoms with van der Waals surface area (Å²) in [4.78, 5) is 0. The first-order valence-corrected chi connectivity index (χ1v) is 9.95. The summed E-state index contributed by atoms with van der Waals surface area (Å²) < 4.78 is 32.9. The molecule has 0 unspecified atom stereocenters. The van der Waals surface area contributed by atoms with Crippen molar-refractivity contribution in [1.29, 1.82) is 0 Å². The molecule has 2 aromatic carbocycles. The second-order valence-electron chi connectivity index (χ2n) is 7.28. The Balaban J connectivity index is 1.91. The maximum atomic E-state index is 11.1. The lowest BCUT2D eigenvalue weighted by atomic mass is 9.82. The Labute approximate surface area is 182 Å². The third-order valence-corrected chi connectivity index (χ3v) is 5.79. The highest BCUT2D eigenvalue weighted by atomic mass is 16.5. The summed E-state index contributed by atoms with van der Waals surface area (Å²) in [5.41, 5.74) is 1.44. The lowest BCUT2D eigenvalue weighted by molar-refractivity contribution is 0.0632. The van der Waals surface area contributed by atoms with E-state index in [4.69, 9.17) is 28.4 Å². The molecule has 0 bridgehead atoms. The molecule has 0 amide bonds. The zero-order chi connectivity index (χ0) is 22.5. The van der Waals surface area contributed by atoms with Crippen LogP contribution in [-0.4, -0.2) is 59.0 Å². The van der Waals surface area contributed by atoms with E-state index in [2.05, 4.69) is 0 Å². The smallest absolute Gasteiger partial charge is 0.203 e. The zero-order valence-corrected chi connectivity index (χ0v) is 18.5. The first-order chi connectivity index (χ1) is 15.0. The first-order valence-electron chi connectivity index (χ1n) is 9.95. The highest BCUT2D eigenvalue weighted by molar-refractivity contribution is 5.54. The summed E-state index contributed by atoms with van der Waals surface area (Å²) in [5.74, 6) is 1.92. The van der Waals surface area contributed by atoms with Crippen molar-refractivity contribution in [3.63, 3.8) is 0 Å². The van der Waals surface area contributed by atoms with Gasteiger partial charge in [-0.2, -0.15) is 0 Å². The van der Waals surface area contributed by atoms with Crippen LogP contribution in [0.15, 0.2) is 30.3 Å². The van der Waals surface area contributed by atoms with Gasteiger partial charge in [-0.05, 0) is 35.4 Å². The van der Waals surface area contributed by atoms with Gasteiger partial charge in [-0.15, -0.1) is 0 Å². The maximum absolute atomic E-state index is 11.1. The molecule has 8 nitrogen and oxygen atoms in total. The van der Waals surface area contributed by atoms with E-state index in [0.29, 0.717) is 34.3 Å². The van der Waals surface area contributed by atoms with Crippen LogP contribution in [0.5, 0.6) is 28.7 Å². The summed E-state index contributed by atoms with van der Waals surface area (Å²) in [7, 11) is 7.73. The molecular formula is C23H30O8. The highest BCUT2D eigenvalue weighted by Gasteiger charge is 2.42. The maximum Gasteiger partial charge on any atom is 0.203 e. The Hall–Kier alpha value is -2.68. The number of ether oxygens (including phenoxy) is 6. The van der Waals surface area contributed by atoms with Crippen molar-refractivity contribution in [3.05, 3.63) is 41.5 Å². The van der Waals surface area contributed by atoms with Gasteiger partial charge in [0.05, 0.1) is 54.4 Å². The van der Waals surface area contributed by atoms with E-state index in [0.717, 1.165) is 5.56 Å². The van der Waals surface area contributed by atoms with Gasteiger partial charge in [0.15, 0.2) is 23.0 Å². The second-order valence-corrected chi connectivity index (χ2v) is 7.28. The van der Waals surface area contributed by atoms with Crippen molar-refractivity contribution in [2.24, 2.45) is 11.8 Å². The largest absolute Gasteiger partial charge is 0.493 e. The van der Waals surface area contributed by atoms with Crippen LogP contribution in [0.4, 0.5) is 0 Å². The molecule has 0 spiro atoms. The molecule has 1 saturated heterocycles. The van der Waals surface area contributed by atoms with Gasteiger partial charge in [-0.1, -0.05) is 6.07 Å². The summed E-state index contributed by atoms with van der Waals surface area (Å²) in [6.45, 7) is 0.123. The van der Waals surface area contributed by atoms with Gasteiger partial charge in [-0.3, -0.25) is 0 Å². The molecule has 1 heterocycles. The fourth-order valence-corrected chi connectivity index (χ4v) is 4.14. The average molecular weight is 434 g/mol. The average Bonchev–Trinajstić information content (AvgIpc) is 3.26. The van der Waals surface area contributed by atoms with E-state index in [9.17, 15) is 10.2 Å². The molecule has 2 N–H and O–H groups in total. The molecular weight excluding hydrogens is 404 g/mol. The molecule has 0 radical (unpaired) electrons. The Morgan fingerprint density at radius 2 is 1.48 bits per heavy atom. The number of rotatable bonds is 9. The Morgan fingerprint density at radius 1 is 0.871 bits per heavy atom. The highest BCUT2D eigenvalue weighted by Crippen LogP contribution is 2.48. The van der Waals surface area contributed by atoms with Crippen molar-refractivity contribution >= 4 is 0 Å². The fraction of sp³-hybridized carbons (Fsp3) is 0.478. The van der Waals surface area contributed by atoms with E-state index < -0.39 is 12.2 Å². The van der Waals surface area contributed by atoms with Crippen molar-refractivity contribution in [1.82, 2.24) is 0 Å². The number of aliphatic hydroxyl groups is 2. The van der Waals surface area contributed by atoms with Gasteiger partial charge >= 0.3 is 0 Å². The minimum Gasteiger partial charge on any atom is -0.493 e. The van der Waals surface area contributed by atoms with E-state index in [1.807, 2.05) is 0 Å². The monoisotopic (exact) mass is 434 g/mol. The summed E-state index contributed by atoms with van der Waals surface area (Å²) in [6.07, 6.45) is -1.30. The molecule has 4 atom stereocenters. The van der Waals surface area contributed by atoms with Gasteiger partial charge in [0.2, 0.25) is 5.75 Å². The molecule has 0 aromatic heterocycles. The molecule has 2 aromatic rings. The van der Waals surface area contributed by atoms with Gasteiger partial charge in [-0.25, -0.2) is 0 Å². The van der Waals surface area contributed by atoms with E-state index in [1.54, 1.807) is 58.8 Å². The number of aliphatic hydroxyl groups excluding tert-OH is 2. The number of benzene rings is 2. The van der Waals surface area contributed by atoms with Crippen LogP contribution in [0.3, 0.4) is 0 Å². The molecule has 170 valence electrons. The topological polar surface area (TPSA) is 95.8 Å². The number of methoxy groups -OCH3 is 5. The van der Waals surface area contributed by atoms with Gasteiger partial charge in [0.1, 0.15) is 0 Å². The number of hydrogen-bond donors (Lipinski definition) is 2. The Morgan fingerprint density at radius 3 is 2.00 bits per heavy atom. The quantitative estimate of drug-likeness (QED) is 0.622. The first kappa shape index (κ1) is 23.0. The van der Waals surface area contributed by atoms with Crippen LogP contribution in [0, 0.1) is 11.8 Å². The lowest BCUT2D eigenvalue weighted by Gasteiger charge is -2.26. The van der Waals surface area contributed by atoms with Crippen LogP contribution in [-0.2, 0) is 4.74 Å². The van der Waals surface area contributed by atoms with Crippen molar-refractivity contribution < 1.29 is 38.6 Å². The van der Waals surface area contributed by atoms with Gasteiger partial charge in [0, 0.05) is 18.4 Å². The van der Waals surface area contributed by atoms with Crippen LogP contribution in [0.1, 0.15) is 23.3 Å². The van der Waals surface area contributed by atoms with Crippen molar-refractivity contribution in [2.75, 3.05) is 48.8 Å². The standard InChI is InChI=1S/C23H30O8/c1-26-17-7-6-13(8-18(17)27-2)21(25)16-12-31-22(15(16)11-24)14-9-19(28-3)23(30-5)20(10-14)29-4/h6-10,15-16,21-22,24-25H,11-12H2,1-5H3/t15-,16-,21+,22+/m1/s1. The molecule has 8 heteroatoms. The van der Waals surface area contributed by atoms with Crippen LogP contribution in [0.2, 0.25) is 0 Å². The minimum atomic E-state index is -0.857. The van der Waals surface area contributed by atoms with E-state index >= 15 is 0 Å². The minimum absolute atomic E-state index is 0.156. The predicted octanol–water partition coefficient (Wildman–Crippen LogP) is 2.76. The van der Waals surface area contributed by atoms with Gasteiger partial charge in [0.25, 0.3) is 0 Å². The van der Waals surface area contributed by atoms with E-state index in [-0.39, 0.29) is 25.0 Å². The van der Waals surface area contributed by atoms with E-state index in [1.165, 1.54) is 7.11 Å². The summed E-state index contributed by atoms with van der Waals surface area (Å²) >= 11 is 0. The molecule has 31 heavy (non-hydrogen) atoms. The second kappa shape index (κ2) is 10.1. The molecule has 0 aliphatic carbocycles. The third kappa shape index (κ3) is 4.37. The predicted molar refractivity (Wildman–Crippen MR) is 113 cm³/mol. The Kier molecular flexibility index (Phi) is 7.48. The van der Waals surface area contributed by atoms with Crippen molar-refractivity contribution in [2.45, 2.75) is 12.2 Å². The molecule has 1 aliphatic heterocycles. The number of hydrogen-bond acceptors (Lipinski definition) is 8. The molecule has 1 aliphatic rings. The molecule has 3 rings (SSSR count). The SMILES string of the molecule is COc1ccc([C@H](O)[C@@H]2CO[C@@H](c3cc(OC)c(OC)c(OC)c3)[C@@H]2CO)cc1OC. The van der Waals surface area contributed by atoms with Crippen molar-refractivity contribution in [3.8, 4) is 28.7 Å². The normalized spacial score (nSPS) is 21.5. The summed E-state index contributed by atoms with van der Waals surface area (Å²) in [6, 6.07) is 8.88. The van der Waals surface area contributed by atoms with Crippen LogP contribution in [0.25, 0.3) is 0 Å². The zero-order valence-electron chi connectivity index (χ0n) is 18.5. The summed E-state index contributed by atoms with van der Waals surface area (Å²) in [5, 5.41) is 21.3. The van der Waals surface area contributed by atoms with Gasteiger partial charge < -0.3 is 38.6 Å². The fourth-order valence-electron chi connectivity index (χ4n) is 4.14.